The van der Waals surface area contributed by atoms with E-state index in [4.69, 9.17) is 0 Å². The van der Waals surface area contributed by atoms with Crippen molar-refractivity contribution in [1.29, 1.82) is 0 Å². The fourth-order valence-electron chi connectivity index (χ4n) is 2.06. The predicted molar refractivity (Wildman–Crippen MR) is 70.8 cm³/mol. The molecule has 1 aromatic rings. The molecule has 0 bridgehead atoms. The van der Waals surface area contributed by atoms with E-state index < -0.39 is 0 Å². The van der Waals surface area contributed by atoms with Gasteiger partial charge in [-0.25, -0.2) is 0 Å². The molecule has 1 amide bonds. The minimum absolute atomic E-state index is 0.0306. The summed E-state index contributed by atoms with van der Waals surface area (Å²) in [6, 6.07) is 10.9. The van der Waals surface area contributed by atoms with Crippen molar-refractivity contribution in [2.45, 2.75) is 32.4 Å². The van der Waals surface area contributed by atoms with Gasteiger partial charge in [0, 0.05) is 19.0 Å². The van der Waals surface area contributed by atoms with E-state index in [2.05, 4.69) is 48.6 Å². The van der Waals surface area contributed by atoms with E-state index in [0.717, 1.165) is 6.42 Å². The Bertz CT molecular complexity index is 348. The number of carbonyl (C=O) groups excluding carboxylic acids is 1. The first-order valence-electron chi connectivity index (χ1n) is 5.99. The number of rotatable bonds is 5. The molecule has 2 atom stereocenters. The molecule has 0 heterocycles. The zero-order valence-corrected chi connectivity index (χ0v) is 11.1. The van der Waals surface area contributed by atoms with Crippen LogP contribution in [-0.2, 0) is 4.79 Å². The Morgan fingerprint density at radius 3 is 2.35 bits per heavy atom. The van der Waals surface area contributed by atoms with Crippen LogP contribution in [0.2, 0.25) is 0 Å². The van der Waals surface area contributed by atoms with Crippen molar-refractivity contribution < 1.29 is 4.79 Å². The van der Waals surface area contributed by atoms with Crippen LogP contribution >= 0.6 is 0 Å². The van der Waals surface area contributed by atoms with Crippen LogP contribution in [-0.4, -0.2) is 30.9 Å². The Hall–Kier alpha value is -1.35. The highest BCUT2D eigenvalue weighted by Gasteiger charge is 2.17. The molecule has 0 aromatic heterocycles. The Morgan fingerprint density at radius 2 is 1.88 bits per heavy atom. The summed E-state index contributed by atoms with van der Waals surface area (Å²) in [5.74, 6) is 0.0306. The maximum absolute atomic E-state index is 11.0. The second-order valence-electron chi connectivity index (χ2n) is 4.73. The molecule has 0 aliphatic heterocycles. The Kier molecular flexibility index (Phi) is 5.16. The molecule has 0 spiro atoms. The fourth-order valence-corrected chi connectivity index (χ4v) is 2.06. The average molecular weight is 234 g/mol. The lowest BCUT2D eigenvalue weighted by molar-refractivity contribution is -0.119. The molecule has 0 saturated carbocycles. The number of amides is 1. The SMILES string of the molecule is CC(=O)NC(C)CC(c1ccccc1)N(C)C. The van der Waals surface area contributed by atoms with Gasteiger partial charge in [-0.1, -0.05) is 30.3 Å². The summed E-state index contributed by atoms with van der Waals surface area (Å²) in [6.07, 6.45) is 0.913. The van der Waals surface area contributed by atoms with Gasteiger partial charge < -0.3 is 10.2 Å². The number of carbonyl (C=O) groups is 1. The smallest absolute Gasteiger partial charge is 0.217 e. The number of benzene rings is 1. The molecular formula is C14H22N2O. The Labute approximate surface area is 104 Å². The van der Waals surface area contributed by atoms with Gasteiger partial charge in [0.15, 0.2) is 0 Å². The third kappa shape index (κ3) is 4.57. The van der Waals surface area contributed by atoms with Crippen molar-refractivity contribution in [2.24, 2.45) is 0 Å². The van der Waals surface area contributed by atoms with Crippen molar-refractivity contribution in [3.05, 3.63) is 35.9 Å². The standard InChI is InChI=1S/C14H22N2O/c1-11(15-12(2)17)10-14(16(3)4)13-8-6-5-7-9-13/h5-9,11,14H,10H2,1-4H3,(H,15,17). The summed E-state index contributed by atoms with van der Waals surface area (Å²) in [6.45, 7) is 3.60. The van der Waals surface area contributed by atoms with Crippen LogP contribution in [0.5, 0.6) is 0 Å². The van der Waals surface area contributed by atoms with Gasteiger partial charge in [0.25, 0.3) is 0 Å². The van der Waals surface area contributed by atoms with Crippen molar-refractivity contribution in [3.8, 4) is 0 Å². The second-order valence-corrected chi connectivity index (χ2v) is 4.73. The van der Waals surface area contributed by atoms with Gasteiger partial charge in [0.05, 0.1) is 0 Å². The largest absolute Gasteiger partial charge is 0.354 e. The number of nitrogens with zero attached hydrogens (tertiary/aromatic N) is 1. The third-order valence-corrected chi connectivity index (χ3v) is 2.83. The predicted octanol–water partition coefficient (Wildman–Crippen LogP) is 2.20. The molecule has 0 aliphatic rings. The second kappa shape index (κ2) is 6.40. The van der Waals surface area contributed by atoms with Crippen LogP contribution in [0.25, 0.3) is 0 Å². The van der Waals surface area contributed by atoms with Gasteiger partial charge in [0.1, 0.15) is 0 Å². The molecular weight excluding hydrogens is 212 g/mol. The minimum Gasteiger partial charge on any atom is -0.354 e. The number of hydrogen-bond acceptors (Lipinski definition) is 2. The molecule has 2 unspecified atom stereocenters. The van der Waals surface area contributed by atoms with Crippen LogP contribution in [0.15, 0.2) is 30.3 Å². The van der Waals surface area contributed by atoms with Crippen LogP contribution in [0.1, 0.15) is 31.9 Å². The summed E-state index contributed by atoms with van der Waals surface area (Å²) in [5, 5.41) is 2.93. The van der Waals surface area contributed by atoms with Crippen molar-refractivity contribution in [1.82, 2.24) is 10.2 Å². The van der Waals surface area contributed by atoms with Crippen molar-refractivity contribution >= 4 is 5.91 Å². The van der Waals surface area contributed by atoms with E-state index in [9.17, 15) is 4.79 Å². The monoisotopic (exact) mass is 234 g/mol. The molecule has 3 nitrogen and oxygen atoms in total. The first-order valence-corrected chi connectivity index (χ1v) is 5.99. The molecule has 1 rings (SSSR count). The molecule has 94 valence electrons. The topological polar surface area (TPSA) is 32.3 Å². The fraction of sp³-hybridized carbons (Fsp3) is 0.500. The lowest BCUT2D eigenvalue weighted by Gasteiger charge is -2.27. The summed E-state index contributed by atoms with van der Waals surface area (Å²) >= 11 is 0. The van der Waals surface area contributed by atoms with E-state index in [0.29, 0.717) is 6.04 Å². The Morgan fingerprint density at radius 1 is 1.29 bits per heavy atom. The highest BCUT2D eigenvalue weighted by molar-refractivity contribution is 5.73. The van der Waals surface area contributed by atoms with E-state index in [1.54, 1.807) is 6.92 Å². The first-order chi connectivity index (χ1) is 8.00. The van der Waals surface area contributed by atoms with Gasteiger partial charge in [-0.2, -0.15) is 0 Å². The minimum atomic E-state index is 0.0306. The quantitative estimate of drug-likeness (QED) is 0.847. The normalized spacial score (nSPS) is 14.4. The molecule has 0 aliphatic carbocycles. The molecule has 0 radical (unpaired) electrons. The Balaban J connectivity index is 2.71. The van der Waals surface area contributed by atoms with Crippen LogP contribution in [0, 0.1) is 0 Å². The van der Waals surface area contributed by atoms with E-state index in [-0.39, 0.29) is 11.9 Å². The van der Waals surface area contributed by atoms with E-state index in [1.807, 2.05) is 13.0 Å². The zero-order chi connectivity index (χ0) is 12.8. The molecule has 3 heteroatoms. The lowest BCUT2D eigenvalue weighted by Crippen LogP contribution is -2.34. The maximum atomic E-state index is 11.0. The van der Waals surface area contributed by atoms with Gasteiger partial charge in [-0.15, -0.1) is 0 Å². The molecule has 0 saturated heterocycles. The number of nitrogens with one attached hydrogen (secondary N) is 1. The highest BCUT2D eigenvalue weighted by atomic mass is 16.1. The molecule has 0 fully saturated rings. The lowest BCUT2D eigenvalue weighted by atomic mass is 9.99. The molecule has 1 N–H and O–H groups in total. The van der Waals surface area contributed by atoms with Crippen molar-refractivity contribution in [3.63, 3.8) is 0 Å². The first kappa shape index (κ1) is 13.7. The summed E-state index contributed by atoms with van der Waals surface area (Å²) < 4.78 is 0. The summed E-state index contributed by atoms with van der Waals surface area (Å²) in [5.41, 5.74) is 1.29. The summed E-state index contributed by atoms with van der Waals surface area (Å²) in [7, 11) is 4.14. The average Bonchev–Trinajstić information content (AvgIpc) is 2.25. The maximum Gasteiger partial charge on any atom is 0.217 e. The molecule has 1 aromatic carbocycles. The van der Waals surface area contributed by atoms with Crippen LogP contribution in [0.3, 0.4) is 0 Å². The molecule has 17 heavy (non-hydrogen) atoms. The van der Waals surface area contributed by atoms with Crippen molar-refractivity contribution in [2.75, 3.05) is 14.1 Å². The number of hydrogen-bond donors (Lipinski definition) is 1. The van der Waals surface area contributed by atoms with Crippen LogP contribution < -0.4 is 5.32 Å². The van der Waals surface area contributed by atoms with Gasteiger partial charge >= 0.3 is 0 Å². The zero-order valence-electron chi connectivity index (χ0n) is 11.1. The van der Waals surface area contributed by atoms with Gasteiger partial charge in [0.2, 0.25) is 5.91 Å². The van der Waals surface area contributed by atoms with E-state index >= 15 is 0 Å². The van der Waals surface area contributed by atoms with Gasteiger partial charge in [-0.3, -0.25) is 4.79 Å². The summed E-state index contributed by atoms with van der Waals surface area (Å²) in [4.78, 5) is 13.2. The third-order valence-electron chi connectivity index (χ3n) is 2.83. The van der Waals surface area contributed by atoms with Gasteiger partial charge in [-0.05, 0) is 33.0 Å². The van der Waals surface area contributed by atoms with Crippen LogP contribution in [0.4, 0.5) is 0 Å². The highest BCUT2D eigenvalue weighted by Crippen LogP contribution is 2.23. The van der Waals surface area contributed by atoms with E-state index in [1.165, 1.54) is 5.56 Å².